The molecule has 3 aromatic rings. The van der Waals surface area contributed by atoms with Crippen LogP contribution < -0.4 is 5.56 Å². The highest BCUT2D eigenvalue weighted by molar-refractivity contribution is 5.77. The van der Waals surface area contributed by atoms with Crippen molar-refractivity contribution in [2.75, 3.05) is 6.54 Å². The molecule has 1 aliphatic heterocycles. The molecule has 0 spiro atoms. The van der Waals surface area contributed by atoms with Crippen molar-refractivity contribution >= 4 is 5.91 Å². The highest BCUT2D eigenvalue weighted by atomic mass is 19.4. The third-order valence-corrected chi connectivity index (χ3v) is 6.39. The molecule has 0 bridgehead atoms. The third-order valence-electron chi connectivity index (χ3n) is 6.39. The Morgan fingerprint density at radius 1 is 1.06 bits per heavy atom. The van der Waals surface area contributed by atoms with Gasteiger partial charge in [-0.15, -0.1) is 0 Å². The zero-order valence-electron chi connectivity index (χ0n) is 19.4. The number of rotatable bonds is 5. The predicted octanol–water partition coefficient (Wildman–Crippen LogP) is 3.78. The van der Waals surface area contributed by atoms with Crippen LogP contribution in [0.2, 0.25) is 0 Å². The van der Waals surface area contributed by atoms with E-state index in [9.17, 15) is 27.9 Å². The maximum absolute atomic E-state index is 13.7. The molecule has 0 saturated heterocycles. The fraction of sp³-hybridized carbons (Fsp3) is 0.346. The number of hydrogen-bond donors (Lipinski definition) is 1. The van der Waals surface area contributed by atoms with Crippen LogP contribution in [0.5, 0.6) is 0 Å². The highest BCUT2D eigenvalue weighted by Crippen LogP contribution is 2.34. The van der Waals surface area contributed by atoms with Crippen LogP contribution in [0.4, 0.5) is 13.2 Å². The number of halogens is 3. The number of aliphatic hydroxyl groups is 1. The van der Waals surface area contributed by atoms with E-state index in [0.717, 1.165) is 11.1 Å². The van der Waals surface area contributed by atoms with Crippen LogP contribution >= 0.6 is 0 Å². The molecule has 1 aliphatic rings. The fourth-order valence-electron chi connectivity index (χ4n) is 4.41. The van der Waals surface area contributed by atoms with Gasteiger partial charge in [0.05, 0.1) is 24.7 Å². The second-order valence-electron chi connectivity index (χ2n) is 9.00. The zero-order chi connectivity index (χ0) is 25.4. The Morgan fingerprint density at radius 2 is 1.60 bits per heavy atom. The molecule has 4 rings (SSSR count). The summed E-state index contributed by atoms with van der Waals surface area (Å²) >= 11 is 0. The SMILES string of the molecule is Cc1nc2c(c(=O)n1C(c1ccccc1)c1ccccc1)CCN(C(=O)CC(C)(O)C(F)(F)F)C2. The molecule has 0 radical (unpaired) electrons. The monoisotopic (exact) mass is 485 g/mol. The lowest BCUT2D eigenvalue weighted by molar-refractivity contribution is -0.254. The quantitative estimate of drug-likeness (QED) is 0.597. The first-order chi connectivity index (χ1) is 16.5. The Kier molecular flexibility index (Phi) is 6.55. The van der Waals surface area contributed by atoms with E-state index in [1.165, 1.54) is 4.90 Å². The van der Waals surface area contributed by atoms with Gasteiger partial charge < -0.3 is 10.0 Å². The molecule has 1 aromatic heterocycles. The average molecular weight is 486 g/mol. The Labute approximate surface area is 200 Å². The standard InChI is InChI=1S/C26H26F3N3O3/c1-17-30-21-16-31(22(33)15-25(2,35)26(27,28)29)14-13-20(21)24(34)32(17)23(18-9-5-3-6-10-18)19-11-7-4-8-12-19/h3-12,23,35H,13-16H2,1-2H3. The van der Waals surface area contributed by atoms with Gasteiger partial charge in [0, 0.05) is 12.1 Å². The molecule has 6 nitrogen and oxygen atoms in total. The van der Waals surface area contributed by atoms with E-state index < -0.39 is 30.1 Å². The van der Waals surface area contributed by atoms with Gasteiger partial charge in [0.1, 0.15) is 5.82 Å². The average Bonchev–Trinajstić information content (AvgIpc) is 2.81. The molecular weight excluding hydrogens is 459 g/mol. The molecule has 1 atom stereocenters. The summed E-state index contributed by atoms with van der Waals surface area (Å²) in [7, 11) is 0. The van der Waals surface area contributed by atoms with Crippen molar-refractivity contribution in [1.82, 2.24) is 14.5 Å². The van der Waals surface area contributed by atoms with Gasteiger partial charge in [-0.25, -0.2) is 4.98 Å². The van der Waals surface area contributed by atoms with Crippen LogP contribution in [0.1, 0.15) is 47.6 Å². The second kappa shape index (κ2) is 9.30. The normalized spacial score (nSPS) is 15.6. The summed E-state index contributed by atoms with van der Waals surface area (Å²) < 4.78 is 40.7. The van der Waals surface area contributed by atoms with Gasteiger partial charge in [0.2, 0.25) is 5.91 Å². The van der Waals surface area contributed by atoms with E-state index in [1.807, 2.05) is 60.7 Å². The maximum atomic E-state index is 13.7. The summed E-state index contributed by atoms with van der Waals surface area (Å²) in [5.74, 6) is -0.406. The minimum Gasteiger partial charge on any atom is -0.380 e. The van der Waals surface area contributed by atoms with Gasteiger partial charge in [-0.2, -0.15) is 13.2 Å². The van der Waals surface area contributed by atoms with Gasteiger partial charge >= 0.3 is 6.18 Å². The first-order valence-corrected chi connectivity index (χ1v) is 11.3. The van der Waals surface area contributed by atoms with Crippen LogP contribution in [-0.2, 0) is 17.8 Å². The number of fused-ring (bicyclic) bond motifs is 1. The smallest absolute Gasteiger partial charge is 0.380 e. The minimum atomic E-state index is -4.93. The van der Waals surface area contributed by atoms with Crippen LogP contribution in [0, 0.1) is 6.92 Å². The van der Waals surface area contributed by atoms with Gasteiger partial charge in [-0.1, -0.05) is 60.7 Å². The van der Waals surface area contributed by atoms with Gasteiger partial charge in [-0.05, 0) is 31.4 Å². The first-order valence-electron chi connectivity index (χ1n) is 11.3. The summed E-state index contributed by atoms with van der Waals surface area (Å²) in [4.78, 5) is 32.1. The fourth-order valence-corrected chi connectivity index (χ4v) is 4.41. The molecule has 0 fully saturated rings. The third kappa shape index (κ3) is 4.86. The molecule has 0 saturated carbocycles. The van der Waals surface area contributed by atoms with E-state index in [1.54, 1.807) is 11.5 Å². The lowest BCUT2D eigenvalue weighted by Crippen LogP contribution is -2.48. The highest BCUT2D eigenvalue weighted by Gasteiger charge is 2.51. The van der Waals surface area contributed by atoms with Crippen molar-refractivity contribution in [3.05, 3.63) is 99.2 Å². The Bertz CT molecular complexity index is 1230. The number of aromatic nitrogens is 2. The molecular formula is C26H26F3N3O3. The molecule has 35 heavy (non-hydrogen) atoms. The topological polar surface area (TPSA) is 75.4 Å². The number of aryl methyl sites for hydroxylation is 1. The van der Waals surface area contributed by atoms with Crippen LogP contribution in [-0.4, -0.2) is 43.8 Å². The number of hydrogen-bond acceptors (Lipinski definition) is 4. The molecule has 2 aromatic carbocycles. The van der Waals surface area contributed by atoms with Crippen molar-refractivity contribution in [2.24, 2.45) is 0 Å². The van der Waals surface area contributed by atoms with Crippen molar-refractivity contribution in [3.63, 3.8) is 0 Å². The van der Waals surface area contributed by atoms with Gasteiger partial charge in [0.25, 0.3) is 5.56 Å². The van der Waals surface area contributed by atoms with E-state index in [-0.39, 0.29) is 25.1 Å². The summed E-state index contributed by atoms with van der Waals surface area (Å²) in [5, 5.41) is 9.71. The number of nitrogens with zero attached hydrogens (tertiary/aromatic N) is 3. The molecule has 1 unspecified atom stereocenters. The maximum Gasteiger partial charge on any atom is 0.417 e. The molecule has 0 aliphatic carbocycles. The van der Waals surface area contributed by atoms with E-state index in [2.05, 4.69) is 4.98 Å². The van der Waals surface area contributed by atoms with Crippen molar-refractivity contribution in [2.45, 2.75) is 51.1 Å². The summed E-state index contributed by atoms with van der Waals surface area (Å²) in [6.07, 6.45) is -5.85. The largest absolute Gasteiger partial charge is 0.417 e. The number of alkyl halides is 3. The van der Waals surface area contributed by atoms with E-state index >= 15 is 0 Å². The minimum absolute atomic E-state index is 0.0705. The predicted molar refractivity (Wildman–Crippen MR) is 124 cm³/mol. The summed E-state index contributed by atoms with van der Waals surface area (Å²) in [6, 6.07) is 18.7. The van der Waals surface area contributed by atoms with Gasteiger partial charge in [0.15, 0.2) is 5.60 Å². The Balaban J connectivity index is 1.70. The number of carbonyl (C=O) groups is 1. The first kappa shape index (κ1) is 24.7. The van der Waals surface area contributed by atoms with Crippen molar-refractivity contribution in [1.29, 1.82) is 0 Å². The molecule has 1 N–H and O–H groups in total. The van der Waals surface area contributed by atoms with Crippen LogP contribution in [0.25, 0.3) is 0 Å². The molecule has 184 valence electrons. The summed E-state index contributed by atoms with van der Waals surface area (Å²) in [6.45, 7) is 2.27. The van der Waals surface area contributed by atoms with Crippen molar-refractivity contribution in [3.8, 4) is 0 Å². The number of amides is 1. The molecule has 9 heteroatoms. The van der Waals surface area contributed by atoms with Crippen LogP contribution in [0.3, 0.4) is 0 Å². The number of carbonyl (C=O) groups excluding carboxylic acids is 1. The number of benzene rings is 2. The molecule has 1 amide bonds. The van der Waals surface area contributed by atoms with E-state index in [0.29, 0.717) is 24.0 Å². The Morgan fingerprint density at radius 3 is 2.11 bits per heavy atom. The zero-order valence-corrected chi connectivity index (χ0v) is 19.4. The lowest BCUT2D eigenvalue weighted by Gasteiger charge is -2.33. The lowest BCUT2D eigenvalue weighted by atomic mass is 9.97. The second-order valence-corrected chi connectivity index (χ2v) is 9.00. The summed E-state index contributed by atoms with van der Waals surface area (Å²) in [5.41, 5.74) is -0.732. The molecule has 2 heterocycles. The van der Waals surface area contributed by atoms with Crippen LogP contribution in [0.15, 0.2) is 65.5 Å². The van der Waals surface area contributed by atoms with Gasteiger partial charge in [-0.3, -0.25) is 14.2 Å². The Hall–Kier alpha value is -3.46. The van der Waals surface area contributed by atoms with E-state index in [4.69, 9.17) is 0 Å². The van der Waals surface area contributed by atoms with Crippen molar-refractivity contribution < 1.29 is 23.1 Å².